The maximum atomic E-state index is 10.2. The summed E-state index contributed by atoms with van der Waals surface area (Å²) in [5, 5.41) is 20.1. The zero-order chi connectivity index (χ0) is 12.8. The summed E-state index contributed by atoms with van der Waals surface area (Å²) >= 11 is 0. The van der Waals surface area contributed by atoms with E-state index in [4.69, 9.17) is 0 Å². The van der Waals surface area contributed by atoms with Crippen molar-refractivity contribution >= 4 is 0 Å². The van der Waals surface area contributed by atoms with Gasteiger partial charge in [0, 0.05) is 0 Å². The first-order valence-corrected chi connectivity index (χ1v) is 6.81. The highest BCUT2D eigenvalue weighted by molar-refractivity contribution is 5.18. The molecule has 0 unspecified atom stereocenters. The summed E-state index contributed by atoms with van der Waals surface area (Å²) in [4.78, 5) is 0. The molecule has 0 aromatic heterocycles. The van der Waals surface area contributed by atoms with Gasteiger partial charge >= 0.3 is 0 Å². The van der Waals surface area contributed by atoms with Crippen LogP contribution in [-0.4, -0.2) is 21.9 Å². The molecule has 0 aromatic carbocycles. The molecule has 2 nitrogen and oxygen atoms in total. The van der Waals surface area contributed by atoms with Crippen LogP contribution in [0.25, 0.3) is 0 Å². The third-order valence-electron chi connectivity index (χ3n) is 5.10. The minimum Gasteiger partial charge on any atom is -0.390 e. The summed E-state index contributed by atoms with van der Waals surface area (Å²) < 4.78 is 0. The Morgan fingerprint density at radius 1 is 1.41 bits per heavy atom. The van der Waals surface area contributed by atoms with Gasteiger partial charge in [0.25, 0.3) is 0 Å². The van der Waals surface area contributed by atoms with Gasteiger partial charge in [-0.2, -0.15) is 0 Å². The van der Waals surface area contributed by atoms with Crippen LogP contribution in [0.3, 0.4) is 0 Å². The van der Waals surface area contributed by atoms with Crippen LogP contribution in [0, 0.1) is 17.3 Å². The molecule has 2 aliphatic rings. The van der Waals surface area contributed by atoms with Crippen LogP contribution in [0.15, 0.2) is 11.6 Å². The lowest BCUT2D eigenvalue weighted by atomic mass is 9.56. The lowest BCUT2D eigenvalue weighted by molar-refractivity contribution is -0.0463. The van der Waals surface area contributed by atoms with Crippen molar-refractivity contribution in [3.63, 3.8) is 0 Å². The molecule has 0 aromatic rings. The molecule has 0 amide bonds. The molecule has 2 N–H and O–H groups in total. The van der Waals surface area contributed by atoms with Gasteiger partial charge in [-0.05, 0) is 63.7 Å². The molecule has 0 bridgehead atoms. The van der Waals surface area contributed by atoms with Gasteiger partial charge in [-0.1, -0.05) is 18.6 Å². The van der Waals surface area contributed by atoms with E-state index in [-0.39, 0.29) is 11.5 Å². The van der Waals surface area contributed by atoms with E-state index in [2.05, 4.69) is 13.8 Å². The van der Waals surface area contributed by atoms with Crippen molar-refractivity contribution in [1.82, 2.24) is 0 Å². The van der Waals surface area contributed by atoms with E-state index in [0.29, 0.717) is 11.8 Å². The maximum absolute atomic E-state index is 10.2. The monoisotopic (exact) mass is 238 g/mol. The highest BCUT2D eigenvalue weighted by atomic mass is 16.3. The van der Waals surface area contributed by atoms with Gasteiger partial charge in [0.05, 0.1) is 11.7 Å². The molecular weight excluding hydrogens is 212 g/mol. The molecule has 1 saturated carbocycles. The van der Waals surface area contributed by atoms with Crippen molar-refractivity contribution in [2.24, 2.45) is 17.3 Å². The minimum atomic E-state index is -0.572. The lowest BCUT2D eigenvalue weighted by Gasteiger charge is -2.50. The number of hydrogen-bond donors (Lipinski definition) is 2. The van der Waals surface area contributed by atoms with Gasteiger partial charge in [0.2, 0.25) is 0 Å². The Morgan fingerprint density at radius 2 is 2.06 bits per heavy atom. The first-order chi connectivity index (χ1) is 7.72. The fourth-order valence-electron chi connectivity index (χ4n) is 3.94. The topological polar surface area (TPSA) is 40.5 Å². The summed E-state index contributed by atoms with van der Waals surface area (Å²) in [6.45, 7) is 8.30. The van der Waals surface area contributed by atoms with Gasteiger partial charge in [-0.25, -0.2) is 0 Å². The van der Waals surface area contributed by atoms with E-state index in [9.17, 15) is 10.2 Å². The average Bonchev–Trinajstić information content (AvgIpc) is 2.13. The Hall–Kier alpha value is -0.340. The fourth-order valence-corrected chi connectivity index (χ4v) is 3.94. The van der Waals surface area contributed by atoms with Crippen LogP contribution in [0.5, 0.6) is 0 Å². The van der Waals surface area contributed by atoms with Crippen LogP contribution in [0.4, 0.5) is 0 Å². The second-order valence-corrected chi connectivity index (χ2v) is 7.01. The second kappa shape index (κ2) is 4.10. The molecule has 2 heteroatoms. The van der Waals surface area contributed by atoms with Gasteiger partial charge < -0.3 is 10.2 Å². The summed E-state index contributed by atoms with van der Waals surface area (Å²) in [7, 11) is 0. The molecule has 0 aliphatic heterocycles. The second-order valence-electron chi connectivity index (χ2n) is 7.01. The Kier molecular flexibility index (Phi) is 3.16. The quantitative estimate of drug-likeness (QED) is 0.690. The van der Waals surface area contributed by atoms with Crippen LogP contribution >= 0.6 is 0 Å². The van der Waals surface area contributed by atoms with Crippen molar-refractivity contribution < 1.29 is 10.2 Å². The molecule has 0 radical (unpaired) electrons. The fraction of sp³-hybridized carbons (Fsp3) is 0.867. The number of rotatable bonds is 1. The zero-order valence-corrected chi connectivity index (χ0v) is 11.5. The molecule has 1 fully saturated rings. The van der Waals surface area contributed by atoms with Gasteiger partial charge in [0.1, 0.15) is 0 Å². The summed E-state index contributed by atoms with van der Waals surface area (Å²) in [5.74, 6) is 0.926. The van der Waals surface area contributed by atoms with Crippen molar-refractivity contribution in [2.75, 3.05) is 0 Å². The maximum Gasteiger partial charge on any atom is 0.0728 e. The number of aliphatic hydroxyl groups is 2. The van der Waals surface area contributed by atoms with Crippen molar-refractivity contribution in [3.05, 3.63) is 11.6 Å². The lowest BCUT2D eigenvalue weighted by Crippen LogP contribution is -2.45. The van der Waals surface area contributed by atoms with Crippen molar-refractivity contribution in [2.45, 2.75) is 65.1 Å². The first-order valence-electron chi connectivity index (χ1n) is 6.81. The van der Waals surface area contributed by atoms with E-state index in [1.165, 1.54) is 5.57 Å². The molecule has 0 saturated heterocycles. The SMILES string of the molecule is CC1=C[C@H](O)C[C@]2(C)CC[C@@H](C(C)(C)O)C[C@@H]12. The number of aliphatic hydroxyl groups excluding tert-OH is 1. The highest BCUT2D eigenvalue weighted by Crippen LogP contribution is 2.53. The molecule has 0 heterocycles. The third-order valence-corrected chi connectivity index (χ3v) is 5.10. The van der Waals surface area contributed by atoms with Crippen LogP contribution in [-0.2, 0) is 0 Å². The normalized spacial score (nSPS) is 42.9. The zero-order valence-electron chi connectivity index (χ0n) is 11.5. The number of allylic oxidation sites excluding steroid dienone is 1. The summed E-state index contributed by atoms with van der Waals surface area (Å²) in [5.41, 5.74) is 0.984. The molecule has 98 valence electrons. The summed E-state index contributed by atoms with van der Waals surface area (Å²) in [6, 6.07) is 0. The van der Waals surface area contributed by atoms with Gasteiger partial charge in [-0.3, -0.25) is 0 Å². The minimum absolute atomic E-state index is 0.236. The molecule has 2 aliphatic carbocycles. The molecular formula is C15H26O2. The van der Waals surface area contributed by atoms with E-state index in [0.717, 1.165) is 25.7 Å². The van der Waals surface area contributed by atoms with Crippen LogP contribution < -0.4 is 0 Å². The van der Waals surface area contributed by atoms with Gasteiger partial charge in [-0.15, -0.1) is 0 Å². The van der Waals surface area contributed by atoms with Crippen molar-refractivity contribution in [1.29, 1.82) is 0 Å². The van der Waals surface area contributed by atoms with Crippen molar-refractivity contribution in [3.8, 4) is 0 Å². The van der Waals surface area contributed by atoms with Crippen LogP contribution in [0.1, 0.15) is 53.4 Å². The Morgan fingerprint density at radius 3 is 2.65 bits per heavy atom. The van der Waals surface area contributed by atoms with E-state index in [1.54, 1.807) is 0 Å². The largest absolute Gasteiger partial charge is 0.390 e. The molecule has 4 atom stereocenters. The van der Waals surface area contributed by atoms with Gasteiger partial charge in [0.15, 0.2) is 0 Å². The van der Waals surface area contributed by atoms with E-state index < -0.39 is 5.60 Å². The third kappa shape index (κ3) is 2.43. The molecule has 0 spiro atoms. The summed E-state index contributed by atoms with van der Waals surface area (Å²) in [6.07, 6.45) is 5.89. The predicted octanol–water partition coefficient (Wildman–Crippen LogP) is 2.89. The van der Waals surface area contributed by atoms with E-state index in [1.807, 2.05) is 19.9 Å². The smallest absolute Gasteiger partial charge is 0.0728 e. The Balaban J connectivity index is 2.22. The number of fused-ring (bicyclic) bond motifs is 1. The average molecular weight is 238 g/mol. The Bertz CT molecular complexity index is 326. The molecule has 17 heavy (non-hydrogen) atoms. The molecule has 2 rings (SSSR count). The standard InChI is InChI=1S/C15H26O2/c1-10-7-12(16)9-15(4)6-5-11(8-13(10)15)14(2,3)17/h7,11-13,16-17H,5-6,8-9H2,1-4H3/t11-,12+,13+,15+/m1/s1. The van der Waals surface area contributed by atoms with Crippen LogP contribution in [0.2, 0.25) is 0 Å². The van der Waals surface area contributed by atoms with E-state index >= 15 is 0 Å². The highest BCUT2D eigenvalue weighted by Gasteiger charge is 2.46. The predicted molar refractivity (Wildman–Crippen MR) is 69.6 cm³/mol. The Labute approximate surface area is 105 Å². The number of hydrogen-bond acceptors (Lipinski definition) is 2. The first kappa shape index (κ1) is 13.1.